The molecule has 1 aromatic rings. The second kappa shape index (κ2) is 6.20. The molecule has 0 saturated carbocycles. The van der Waals surface area contributed by atoms with E-state index < -0.39 is 0 Å². The first-order chi connectivity index (χ1) is 8.71. The zero-order chi connectivity index (χ0) is 14.6. The highest BCUT2D eigenvalue weighted by Crippen LogP contribution is 2.20. The van der Waals surface area contributed by atoms with Gasteiger partial charge >= 0.3 is 0 Å². The van der Waals surface area contributed by atoms with Gasteiger partial charge in [-0.2, -0.15) is 0 Å². The molecular weight excluding hydrogens is 236 g/mol. The molecule has 3 nitrogen and oxygen atoms in total. The predicted octanol–water partition coefficient (Wildman–Crippen LogP) is 2.94. The van der Waals surface area contributed by atoms with Gasteiger partial charge in [0.2, 0.25) is 5.91 Å². The van der Waals surface area contributed by atoms with Crippen LogP contribution in [0.2, 0.25) is 0 Å². The van der Waals surface area contributed by atoms with Gasteiger partial charge in [0.1, 0.15) is 0 Å². The molecule has 1 amide bonds. The van der Waals surface area contributed by atoms with Gasteiger partial charge in [-0.1, -0.05) is 45.0 Å². The van der Waals surface area contributed by atoms with Gasteiger partial charge in [-0.3, -0.25) is 4.79 Å². The monoisotopic (exact) mass is 262 g/mol. The van der Waals surface area contributed by atoms with Crippen molar-refractivity contribution in [2.75, 3.05) is 0 Å². The molecule has 0 unspecified atom stereocenters. The summed E-state index contributed by atoms with van der Waals surface area (Å²) in [5, 5.41) is 3.02. The summed E-state index contributed by atoms with van der Waals surface area (Å²) < 4.78 is 0. The third-order valence-electron chi connectivity index (χ3n) is 3.67. The molecular formula is C16H26N2O. The number of nitrogens with two attached hydrogens (primary N) is 1. The van der Waals surface area contributed by atoms with Crippen LogP contribution in [-0.4, -0.2) is 11.9 Å². The quantitative estimate of drug-likeness (QED) is 0.876. The Labute approximate surface area is 116 Å². The topological polar surface area (TPSA) is 55.1 Å². The van der Waals surface area contributed by atoms with Crippen LogP contribution in [0.3, 0.4) is 0 Å². The molecule has 1 aromatic carbocycles. The van der Waals surface area contributed by atoms with Crippen molar-refractivity contribution in [3.8, 4) is 0 Å². The zero-order valence-electron chi connectivity index (χ0n) is 12.7. The molecule has 0 spiro atoms. The third-order valence-corrected chi connectivity index (χ3v) is 3.67. The van der Waals surface area contributed by atoms with Crippen molar-refractivity contribution in [3.63, 3.8) is 0 Å². The highest BCUT2D eigenvalue weighted by atomic mass is 16.1. The summed E-state index contributed by atoms with van der Waals surface area (Å²) in [6, 6.07) is 7.83. The van der Waals surface area contributed by atoms with Gasteiger partial charge < -0.3 is 11.1 Å². The number of hydrogen-bond donors (Lipinski definition) is 2. The number of aryl methyl sites for hydroxylation is 1. The summed E-state index contributed by atoms with van der Waals surface area (Å²) in [5.41, 5.74) is 8.35. The molecule has 0 aromatic heterocycles. The Hall–Kier alpha value is -1.35. The maximum absolute atomic E-state index is 12.0. The van der Waals surface area contributed by atoms with E-state index >= 15 is 0 Å². The molecule has 3 N–H and O–H groups in total. The Morgan fingerprint density at radius 1 is 1.32 bits per heavy atom. The first-order valence-corrected chi connectivity index (χ1v) is 6.82. The van der Waals surface area contributed by atoms with E-state index in [1.165, 1.54) is 0 Å². The summed E-state index contributed by atoms with van der Waals surface area (Å²) in [5.74, 6) is 0.0122. The van der Waals surface area contributed by atoms with E-state index in [1.807, 2.05) is 38.1 Å². The third kappa shape index (κ3) is 4.67. The predicted molar refractivity (Wildman–Crippen MR) is 79.8 cm³/mol. The minimum Gasteiger partial charge on any atom is -0.353 e. The Balaban J connectivity index is 2.61. The molecule has 0 radical (unpaired) electrons. The van der Waals surface area contributed by atoms with Crippen molar-refractivity contribution in [1.82, 2.24) is 5.32 Å². The van der Waals surface area contributed by atoms with E-state index in [-0.39, 0.29) is 23.4 Å². The summed E-state index contributed by atoms with van der Waals surface area (Å²) >= 11 is 0. The number of rotatable bonds is 4. The number of carbonyl (C=O) groups is 1. The van der Waals surface area contributed by atoms with Gasteiger partial charge in [-0.05, 0) is 30.4 Å². The molecule has 0 aliphatic heterocycles. The first-order valence-electron chi connectivity index (χ1n) is 6.82. The fourth-order valence-electron chi connectivity index (χ4n) is 1.83. The molecule has 106 valence electrons. The molecule has 3 heteroatoms. The molecule has 0 aliphatic carbocycles. The van der Waals surface area contributed by atoms with Crippen LogP contribution in [0.1, 0.15) is 51.3 Å². The fourth-order valence-corrected chi connectivity index (χ4v) is 1.83. The molecule has 0 saturated heterocycles. The molecule has 0 bridgehead atoms. The lowest BCUT2D eigenvalue weighted by molar-refractivity contribution is -0.122. The van der Waals surface area contributed by atoms with Gasteiger partial charge in [0.15, 0.2) is 0 Å². The maximum atomic E-state index is 12.0. The second-order valence-corrected chi connectivity index (χ2v) is 6.32. The van der Waals surface area contributed by atoms with Crippen LogP contribution in [0.5, 0.6) is 0 Å². The average molecular weight is 262 g/mol. The van der Waals surface area contributed by atoms with Crippen LogP contribution in [0, 0.1) is 12.3 Å². The van der Waals surface area contributed by atoms with Crippen LogP contribution in [0.15, 0.2) is 24.3 Å². The smallest absolute Gasteiger partial charge is 0.222 e. The van der Waals surface area contributed by atoms with Crippen molar-refractivity contribution in [2.45, 2.75) is 53.1 Å². The highest BCUT2D eigenvalue weighted by Gasteiger charge is 2.22. The lowest BCUT2D eigenvalue weighted by Crippen LogP contribution is -2.42. The van der Waals surface area contributed by atoms with Crippen molar-refractivity contribution in [2.24, 2.45) is 11.1 Å². The molecule has 0 fully saturated rings. The number of nitrogens with one attached hydrogen (secondary N) is 1. The largest absolute Gasteiger partial charge is 0.353 e. The van der Waals surface area contributed by atoms with Crippen LogP contribution in [0.25, 0.3) is 0 Å². The summed E-state index contributed by atoms with van der Waals surface area (Å²) in [6.07, 6.45) is 0.325. The van der Waals surface area contributed by atoms with Crippen molar-refractivity contribution in [3.05, 3.63) is 35.4 Å². The number of benzene rings is 1. The van der Waals surface area contributed by atoms with Crippen molar-refractivity contribution < 1.29 is 4.79 Å². The molecule has 2 atom stereocenters. The Morgan fingerprint density at radius 2 is 1.89 bits per heavy atom. The van der Waals surface area contributed by atoms with Crippen molar-refractivity contribution >= 4 is 5.91 Å². The van der Waals surface area contributed by atoms with E-state index in [1.54, 1.807) is 0 Å². The first kappa shape index (κ1) is 15.7. The fraction of sp³-hybridized carbons (Fsp3) is 0.562. The van der Waals surface area contributed by atoms with E-state index in [0.29, 0.717) is 6.42 Å². The lowest BCUT2D eigenvalue weighted by atomic mass is 9.88. The number of amides is 1. The van der Waals surface area contributed by atoms with Gasteiger partial charge in [0, 0.05) is 18.5 Å². The normalized spacial score (nSPS) is 14.8. The second-order valence-electron chi connectivity index (χ2n) is 6.32. The summed E-state index contributed by atoms with van der Waals surface area (Å²) in [6.45, 7) is 10.4. The summed E-state index contributed by atoms with van der Waals surface area (Å²) in [4.78, 5) is 12.0. The molecule has 1 rings (SSSR count). The molecule has 0 aliphatic rings. The van der Waals surface area contributed by atoms with Gasteiger partial charge in [0.25, 0.3) is 0 Å². The lowest BCUT2D eigenvalue weighted by Gasteiger charge is -2.28. The molecule has 0 heterocycles. The number of hydrogen-bond acceptors (Lipinski definition) is 2. The minimum absolute atomic E-state index is 0.0122. The average Bonchev–Trinajstić information content (AvgIpc) is 2.27. The SMILES string of the molecule is Cc1ccccc1[C@@H](N)CC(=O)N[C@@H](C)C(C)(C)C. The highest BCUT2D eigenvalue weighted by molar-refractivity contribution is 5.77. The standard InChI is InChI=1S/C16H26N2O/c1-11-8-6-7-9-13(11)14(17)10-15(19)18-12(2)16(3,4)5/h6-9,12,14H,10,17H2,1-5H3,(H,18,19)/t12-,14-/m0/s1. The van der Waals surface area contributed by atoms with E-state index in [2.05, 4.69) is 26.1 Å². The number of carbonyl (C=O) groups excluding carboxylic acids is 1. The van der Waals surface area contributed by atoms with Gasteiger partial charge in [0.05, 0.1) is 0 Å². The minimum atomic E-state index is -0.242. The van der Waals surface area contributed by atoms with Crippen LogP contribution >= 0.6 is 0 Å². The van der Waals surface area contributed by atoms with E-state index in [4.69, 9.17) is 5.73 Å². The zero-order valence-corrected chi connectivity index (χ0v) is 12.7. The van der Waals surface area contributed by atoms with Crippen LogP contribution in [0.4, 0.5) is 0 Å². The Morgan fingerprint density at radius 3 is 2.42 bits per heavy atom. The van der Waals surface area contributed by atoms with Crippen LogP contribution in [-0.2, 0) is 4.79 Å². The van der Waals surface area contributed by atoms with E-state index in [0.717, 1.165) is 11.1 Å². The van der Waals surface area contributed by atoms with Gasteiger partial charge in [-0.25, -0.2) is 0 Å². The Bertz CT molecular complexity index is 435. The van der Waals surface area contributed by atoms with Crippen LogP contribution < -0.4 is 11.1 Å². The van der Waals surface area contributed by atoms with Gasteiger partial charge in [-0.15, -0.1) is 0 Å². The molecule has 19 heavy (non-hydrogen) atoms. The maximum Gasteiger partial charge on any atom is 0.222 e. The Kier molecular flexibility index (Phi) is 5.12. The summed E-state index contributed by atoms with van der Waals surface area (Å²) in [7, 11) is 0. The van der Waals surface area contributed by atoms with Crippen molar-refractivity contribution in [1.29, 1.82) is 0 Å². The van der Waals surface area contributed by atoms with E-state index in [9.17, 15) is 4.79 Å².